The monoisotopic (exact) mass is 311 g/mol. The van der Waals surface area contributed by atoms with Crippen molar-refractivity contribution in [3.8, 4) is 0 Å². The maximum absolute atomic E-state index is 12.5. The maximum Gasteiger partial charge on any atom is 0.335 e. The number of carbonyl (C=O) groups is 2. The van der Waals surface area contributed by atoms with Gasteiger partial charge in [-0.2, -0.15) is 0 Å². The average Bonchev–Trinajstić information content (AvgIpc) is 2.83. The van der Waals surface area contributed by atoms with E-state index < -0.39 is 15.8 Å². The average molecular weight is 311 g/mol. The molecule has 114 valence electrons. The third kappa shape index (κ3) is 3.81. The Morgan fingerprint density at radius 2 is 2.00 bits per heavy atom. The van der Waals surface area contributed by atoms with Gasteiger partial charge in [-0.15, -0.1) is 0 Å². The van der Waals surface area contributed by atoms with Crippen LogP contribution < -0.4 is 0 Å². The number of carbonyl (C=O) groups excluding carboxylic acids is 1. The van der Waals surface area contributed by atoms with Crippen molar-refractivity contribution >= 4 is 21.7 Å². The van der Waals surface area contributed by atoms with Gasteiger partial charge >= 0.3 is 5.97 Å². The van der Waals surface area contributed by atoms with Gasteiger partial charge in [0.25, 0.3) is 5.91 Å². The molecule has 1 heterocycles. The summed E-state index contributed by atoms with van der Waals surface area (Å²) in [7, 11) is -3.17. The molecule has 0 unspecified atom stereocenters. The SMILES string of the molecule is CS(=O)(=O)C[C@H]1CCCN1C(=O)c1cccc(C(=O)O)c1. The number of nitrogens with zero attached hydrogens (tertiary/aromatic N) is 1. The van der Waals surface area contributed by atoms with Crippen molar-refractivity contribution in [2.45, 2.75) is 18.9 Å². The van der Waals surface area contributed by atoms with E-state index in [1.54, 1.807) is 6.07 Å². The van der Waals surface area contributed by atoms with Crippen molar-refractivity contribution in [3.63, 3.8) is 0 Å². The molecule has 1 atom stereocenters. The Balaban J connectivity index is 2.22. The Labute approximate surface area is 123 Å². The lowest BCUT2D eigenvalue weighted by Gasteiger charge is -2.24. The van der Waals surface area contributed by atoms with Crippen LogP contribution >= 0.6 is 0 Å². The zero-order valence-electron chi connectivity index (χ0n) is 11.7. The first kappa shape index (κ1) is 15.5. The number of carboxylic acid groups (broad SMARTS) is 1. The normalized spacial score (nSPS) is 18.7. The van der Waals surface area contributed by atoms with Crippen LogP contribution in [0.3, 0.4) is 0 Å². The zero-order chi connectivity index (χ0) is 15.6. The molecular weight excluding hydrogens is 294 g/mol. The van der Waals surface area contributed by atoms with Crippen molar-refractivity contribution in [1.82, 2.24) is 4.90 Å². The van der Waals surface area contributed by atoms with Gasteiger partial charge in [-0.05, 0) is 31.0 Å². The Kier molecular flexibility index (Phi) is 4.32. The predicted octanol–water partition coefficient (Wildman–Crippen LogP) is 1.03. The minimum Gasteiger partial charge on any atom is -0.478 e. The summed E-state index contributed by atoms with van der Waals surface area (Å²) in [5, 5.41) is 8.96. The van der Waals surface area contributed by atoms with Gasteiger partial charge in [0.1, 0.15) is 9.84 Å². The van der Waals surface area contributed by atoms with Gasteiger partial charge in [0.15, 0.2) is 0 Å². The molecular formula is C14H17NO5S. The quantitative estimate of drug-likeness (QED) is 0.897. The van der Waals surface area contributed by atoms with Crippen LogP contribution in [0.4, 0.5) is 0 Å². The number of hydrogen-bond donors (Lipinski definition) is 1. The molecule has 1 aromatic rings. The molecule has 7 heteroatoms. The molecule has 0 aromatic heterocycles. The number of sulfone groups is 1. The summed E-state index contributed by atoms with van der Waals surface area (Å²) in [6.07, 6.45) is 2.56. The van der Waals surface area contributed by atoms with Crippen LogP contribution in [0, 0.1) is 0 Å². The second kappa shape index (κ2) is 5.85. The first-order valence-electron chi connectivity index (χ1n) is 6.60. The van der Waals surface area contributed by atoms with Crippen LogP contribution in [-0.4, -0.2) is 54.9 Å². The van der Waals surface area contributed by atoms with E-state index in [1.807, 2.05) is 0 Å². The van der Waals surface area contributed by atoms with Gasteiger partial charge in [-0.3, -0.25) is 4.79 Å². The van der Waals surface area contributed by atoms with Gasteiger partial charge in [0.2, 0.25) is 0 Å². The highest BCUT2D eigenvalue weighted by Crippen LogP contribution is 2.21. The molecule has 2 rings (SSSR count). The smallest absolute Gasteiger partial charge is 0.335 e. The maximum atomic E-state index is 12.5. The summed E-state index contributed by atoms with van der Waals surface area (Å²) in [5.41, 5.74) is 0.315. The fraction of sp³-hybridized carbons (Fsp3) is 0.429. The molecule has 0 bridgehead atoms. The van der Waals surface area contributed by atoms with Crippen LogP contribution in [0.15, 0.2) is 24.3 Å². The Bertz CT molecular complexity index is 668. The predicted molar refractivity (Wildman–Crippen MR) is 77.2 cm³/mol. The van der Waals surface area contributed by atoms with Gasteiger partial charge < -0.3 is 10.0 Å². The summed E-state index contributed by atoms with van der Waals surface area (Å²) in [4.78, 5) is 24.9. The Morgan fingerprint density at radius 3 is 2.62 bits per heavy atom. The topological polar surface area (TPSA) is 91.8 Å². The summed E-state index contributed by atoms with van der Waals surface area (Å²) in [6.45, 7) is 0.496. The molecule has 6 nitrogen and oxygen atoms in total. The van der Waals surface area contributed by atoms with E-state index in [0.717, 1.165) is 12.7 Å². The second-order valence-corrected chi connectivity index (χ2v) is 7.46. The Morgan fingerprint density at radius 1 is 1.33 bits per heavy atom. The van der Waals surface area contributed by atoms with E-state index in [0.29, 0.717) is 13.0 Å². The molecule has 0 radical (unpaired) electrons. The van der Waals surface area contributed by atoms with Crippen molar-refractivity contribution in [2.24, 2.45) is 0 Å². The number of benzene rings is 1. The van der Waals surface area contributed by atoms with Crippen molar-refractivity contribution in [3.05, 3.63) is 35.4 Å². The highest BCUT2D eigenvalue weighted by atomic mass is 32.2. The number of aromatic carboxylic acids is 1. The summed E-state index contributed by atoms with van der Waals surface area (Å²) in [6, 6.07) is 5.46. The first-order valence-corrected chi connectivity index (χ1v) is 8.66. The lowest BCUT2D eigenvalue weighted by Crippen LogP contribution is -2.39. The van der Waals surface area contributed by atoms with Crippen molar-refractivity contribution in [2.75, 3.05) is 18.6 Å². The molecule has 21 heavy (non-hydrogen) atoms. The van der Waals surface area contributed by atoms with E-state index in [9.17, 15) is 18.0 Å². The van der Waals surface area contributed by atoms with Crippen LogP contribution in [-0.2, 0) is 9.84 Å². The van der Waals surface area contributed by atoms with Crippen molar-refractivity contribution in [1.29, 1.82) is 0 Å². The molecule has 1 N–H and O–H groups in total. The molecule has 1 fully saturated rings. The molecule has 1 aliphatic heterocycles. The van der Waals surface area contributed by atoms with Gasteiger partial charge in [0.05, 0.1) is 11.3 Å². The standard InChI is InChI=1S/C14H17NO5S/c1-21(19,20)9-12-6-3-7-15(12)13(16)10-4-2-5-11(8-10)14(17)18/h2,4-5,8,12H,3,6-7,9H2,1H3,(H,17,18)/t12-/m1/s1. The zero-order valence-corrected chi connectivity index (χ0v) is 12.5. The fourth-order valence-electron chi connectivity index (χ4n) is 2.58. The largest absolute Gasteiger partial charge is 0.478 e. The highest BCUT2D eigenvalue weighted by molar-refractivity contribution is 7.90. The number of carboxylic acids is 1. The molecule has 1 amide bonds. The molecule has 0 saturated carbocycles. The molecule has 0 aliphatic carbocycles. The number of rotatable bonds is 4. The van der Waals surface area contributed by atoms with Crippen LogP contribution in [0.2, 0.25) is 0 Å². The summed E-state index contributed by atoms with van der Waals surface area (Å²) in [5.74, 6) is -1.47. The van der Waals surface area contributed by atoms with E-state index >= 15 is 0 Å². The van der Waals surface area contributed by atoms with E-state index in [-0.39, 0.29) is 28.8 Å². The summed E-state index contributed by atoms with van der Waals surface area (Å²) >= 11 is 0. The lowest BCUT2D eigenvalue weighted by molar-refractivity contribution is 0.0697. The lowest BCUT2D eigenvalue weighted by atomic mass is 10.1. The third-order valence-corrected chi connectivity index (χ3v) is 4.48. The second-order valence-electron chi connectivity index (χ2n) is 5.27. The molecule has 0 spiro atoms. The number of amides is 1. The van der Waals surface area contributed by atoms with Crippen LogP contribution in [0.25, 0.3) is 0 Å². The number of hydrogen-bond acceptors (Lipinski definition) is 4. The summed E-state index contributed by atoms with van der Waals surface area (Å²) < 4.78 is 22.8. The molecule has 1 aliphatic rings. The first-order chi connectivity index (χ1) is 9.78. The third-order valence-electron chi connectivity index (χ3n) is 3.49. The fourth-order valence-corrected chi connectivity index (χ4v) is 3.62. The number of likely N-dealkylation sites (tertiary alicyclic amines) is 1. The Hall–Kier alpha value is -1.89. The van der Waals surface area contributed by atoms with Crippen LogP contribution in [0.1, 0.15) is 33.6 Å². The van der Waals surface area contributed by atoms with E-state index in [1.165, 1.54) is 23.1 Å². The highest BCUT2D eigenvalue weighted by Gasteiger charge is 2.31. The van der Waals surface area contributed by atoms with Crippen molar-refractivity contribution < 1.29 is 23.1 Å². The van der Waals surface area contributed by atoms with Gasteiger partial charge in [0, 0.05) is 24.4 Å². The van der Waals surface area contributed by atoms with Gasteiger partial charge in [-0.25, -0.2) is 13.2 Å². The minimum absolute atomic E-state index is 0.0414. The molecule has 1 aromatic carbocycles. The van der Waals surface area contributed by atoms with Gasteiger partial charge in [-0.1, -0.05) is 6.07 Å². The van der Waals surface area contributed by atoms with Crippen LogP contribution in [0.5, 0.6) is 0 Å². The van der Waals surface area contributed by atoms with E-state index in [2.05, 4.69) is 0 Å². The van der Waals surface area contributed by atoms with E-state index in [4.69, 9.17) is 5.11 Å². The molecule has 1 saturated heterocycles. The minimum atomic E-state index is -3.17.